The number of anilines is 1. The van der Waals surface area contributed by atoms with Crippen molar-refractivity contribution in [3.8, 4) is 23.0 Å². The number of aromatic nitrogens is 2. The van der Waals surface area contributed by atoms with E-state index in [-0.39, 0.29) is 11.8 Å². The van der Waals surface area contributed by atoms with Gasteiger partial charge in [0.2, 0.25) is 5.91 Å². The van der Waals surface area contributed by atoms with Crippen LogP contribution in [0.2, 0.25) is 0 Å². The first-order valence-corrected chi connectivity index (χ1v) is 9.02. The van der Waals surface area contributed by atoms with E-state index in [0.717, 1.165) is 11.1 Å². The zero-order valence-electron chi connectivity index (χ0n) is 16.0. The highest BCUT2D eigenvalue weighted by atomic mass is 16.5. The van der Waals surface area contributed by atoms with Crippen molar-refractivity contribution in [2.24, 2.45) is 0 Å². The SMILES string of the molecule is COc1ccc(N2CC(c3noc(-c4ccc(C)cc4)n3)CC2=O)c(OC)c1. The van der Waals surface area contributed by atoms with E-state index in [2.05, 4.69) is 10.1 Å². The third-order valence-electron chi connectivity index (χ3n) is 4.91. The monoisotopic (exact) mass is 379 g/mol. The van der Waals surface area contributed by atoms with Crippen LogP contribution in [-0.4, -0.2) is 36.8 Å². The Hall–Kier alpha value is -3.35. The number of methoxy groups -OCH3 is 2. The minimum Gasteiger partial charge on any atom is -0.497 e. The Labute approximate surface area is 162 Å². The lowest BCUT2D eigenvalue weighted by Gasteiger charge is -2.19. The first kappa shape index (κ1) is 18.0. The standard InChI is InChI=1S/C21H21N3O4/c1-13-4-6-14(7-5-13)21-22-20(23-28-21)15-10-19(25)24(12-15)17-9-8-16(26-2)11-18(17)27-3/h4-9,11,15H,10,12H2,1-3H3. The number of ether oxygens (including phenoxy) is 2. The van der Waals surface area contributed by atoms with E-state index in [4.69, 9.17) is 14.0 Å². The lowest BCUT2D eigenvalue weighted by Crippen LogP contribution is -2.24. The molecule has 0 bridgehead atoms. The third-order valence-corrected chi connectivity index (χ3v) is 4.91. The molecule has 0 N–H and O–H groups in total. The van der Waals surface area contributed by atoms with Crippen LogP contribution in [0.3, 0.4) is 0 Å². The van der Waals surface area contributed by atoms with Crippen LogP contribution in [0.1, 0.15) is 23.7 Å². The molecule has 2 aromatic carbocycles. The number of aryl methyl sites for hydroxylation is 1. The van der Waals surface area contributed by atoms with Crippen LogP contribution < -0.4 is 14.4 Å². The van der Waals surface area contributed by atoms with E-state index in [9.17, 15) is 4.79 Å². The maximum Gasteiger partial charge on any atom is 0.257 e. The van der Waals surface area contributed by atoms with Gasteiger partial charge in [0.15, 0.2) is 5.82 Å². The van der Waals surface area contributed by atoms with Gasteiger partial charge in [-0.2, -0.15) is 4.98 Å². The lowest BCUT2D eigenvalue weighted by atomic mass is 10.1. The van der Waals surface area contributed by atoms with Crippen LogP contribution in [-0.2, 0) is 4.79 Å². The molecule has 1 atom stereocenters. The second-order valence-corrected chi connectivity index (χ2v) is 6.77. The Bertz CT molecular complexity index is 997. The normalized spacial score (nSPS) is 16.5. The third kappa shape index (κ3) is 3.31. The molecule has 3 aromatic rings. The molecule has 1 aliphatic heterocycles. The average Bonchev–Trinajstić information content (AvgIpc) is 3.35. The van der Waals surface area contributed by atoms with E-state index in [1.807, 2.05) is 43.3 Å². The molecule has 7 nitrogen and oxygen atoms in total. The predicted molar refractivity (Wildman–Crippen MR) is 104 cm³/mol. The molecular weight excluding hydrogens is 358 g/mol. The quantitative estimate of drug-likeness (QED) is 0.674. The van der Waals surface area contributed by atoms with Crippen molar-refractivity contribution in [1.29, 1.82) is 0 Å². The van der Waals surface area contributed by atoms with E-state index in [0.29, 0.717) is 41.9 Å². The molecule has 4 rings (SSSR count). The summed E-state index contributed by atoms with van der Waals surface area (Å²) in [4.78, 5) is 18.9. The second-order valence-electron chi connectivity index (χ2n) is 6.77. The molecule has 28 heavy (non-hydrogen) atoms. The second kappa shape index (κ2) is 7.34. The molecule has 0 radical (unpaired) electrons. The predicted octanol–water partition coefficient (Wildman–Crippen LogP) is 3.58. The number of carbonyl (C=O) groups is 1. The molecule has 0 spiro atoms. The maximum atomic E-state index is 12.6. The van der Waals surface area contributed by atoms with Crippen LogP contribution in [0.4, 0.5) is 5.69 Å². The zero-order chi connectivity index (χ0) is 19.7. The summed E-state index contributed by atoms with van der Waals surface area (Å²) >= 11 is 0. The minimum atomic E-state index is -0.137. The summed E-state index contributed by atoms with van der Waals surface area (Å²) in [7, 11) is 3.16. The van der Waals surface area contributed by atoms with Crippen LogP contribution >= 0.6 is 0 Å². The largest absolute Gasteiger partial charge is 0.497 e. The van der Waals surface area contributed by atoms with E-state index in [1.54, 1.807) is 25.2 Å². The van der Waals surface area contributed by atoms with Crippen molar-refractivity contribution in [3.63, 3.8) is 0 Å². The van der Waals surface area contributed by atoms with Gasteiger partial charge in [-0.1, -0.05) is 22.9 Å². The fraction of sp³-hybridized carbons (Fsp3) is 0.286. The Morgan fingerprint density at radius 1 is 1.11 bits per heavy atom. The lowest BCUT2D eigenvalue weighted by molar-refractivity contribution is -0.117. The summed E-state index contributed by atoms with van der Waals surface area (Å²) in [6.45, 7) is 2.49. The van der Waals surface area contributed by atoms with Crippen molar-refractivity contribution in [3.05, 3.63) is 53.9 Å². The molecule has 0 aliphatic carbocycles. The number of rotatable bonds is 5. The molecule has 1 amide bonds. The Morgan fingerprint density at radius 3 is 2.61 bits per heavy atom. The van der Waals surface area contributed by atoms with Gasteiger partial charge in [-0.05, 0) is 31.2 Å². The molecule has 2 heterocycles. The van der Waals surface area contributed by atoms with Crippen molar-refractivity contribution < 1.29 is 18.8 Å². The van der Waals surface area contributed by atoms with Gasteiger partial charge in [-0.3, -0.25) is 4.79 Å². The highest BCUT2D eigenvalue weighted by molar-refractivity contribution is 5.97. The maximum absolute atomic E-state index is 12.6. The molecule has 0 saturated carbocycles. The van der Waals surface area contributed by atoms with Gasteiger partial charge in [0.25, 0.3) is 5.89 Å². The Kier molecular flexibility index (Phi) is 4.73. The fourth-order valence-corrected chi connectivity index (χ4v) is 3.34. The van der Waals surface area contributed by atoms with Gasteiger partial charge in [-0.15, -0.1) is 0 Å². The van der Waals surface area contributed by atoms with E-state index >= 15 is 0 Å². The van der Waals surface area contributed by atoms with E-state index < -0.39 is 0 Å². The van der Waals surface area contributed by atoms with Gasteiger partial charge in [0.1, 0.15) is 11.5 Å². The number of amides is 1. The number of nitrogens with zero attached hydrogens (tertiary/aromatic N) is 3. The zero-order valence-corrected chi connectivity index (χ0v) is 16.0. The minimum absolute atomic E-state index is 0.00449. The van der Waals surface area contributed by atoms with Crippen molar-refractivity contribution in [2.45, 2.75) is 19.3 Å². The highest BCUT2D eigenvalue weighted by Gasteiger charge is 2.36. The van der Waals surface area contributed by atoms with Gasteiger partial charge in [-0.25, -0.2) is 0 Å². The van der Waals surface area contributed by atoms with Crippen LogP contribution in [0.5, 0.6) is 11.5 Å². The molecular formula is C21H21N3O4. The van der Waals surface area contributed by atoms with Crippen molar-refractivity contribution in [2.75, 3.05) is 25.7 Å². The molecule has 7 heteroatoms. The molecule has 144 valence electrons. The summed E-state index contributed by atoms with van der Waals surface area (Å²) < 4.78 is 16.1. The smallest absolute Gasteiger partial charge is 0.257 e. The van der Waals surface area contributed by atoms with Gasteiger partial charge >= 0.3 is 0 Å². The van der Waals surface area contributed by atoms with Crippen molar-refractivity contribution >= 4 is 11.6 Å². The Morgan fingerprint density at radius 2 is 1.89 bits per heavy atom. The topological polar surface area (TPSA) is 77.7 Å². The Balaban J connectivity index is 1.56. The molecule has 1 unspecified atom stereocenters. The van der Waals surface area contributed by atoms with Crippen LogP contribution in [0.15, 0.2) is 47.0 Å². The highest BCUT2D eigenvalue weighted by Crippen LogP contribution is 2.38. The summed E-state index contributed by atoms with van der Waals surface area (Å²) in [5.74, 6) is 2.12. The van der Waals surface area contributed by atoms with Gasteiger partial charge in [0.05, 0.1) is 19.9 Å². The average molecular weight is 379 g/mol. The summed E-state index contributed by atoms with van der Waals surface area (Å²) in [5, 5.41) is 4.11. The summed E-state index contributed by atoms with van der Waals surface area (Å²) in [6, 6.07) is 13.3. The first-order chi connectivity index (χ1) is 13.6. The van der Waals surface area contributed by atoms with Gasteiger partial charge < -0.3 is 18.9 Å². The van der Waals surface area contributed by atoms with Crippen LogP contribution in [0, 0.1) is 6.92 Å². The van der Waals surface area contributed by atoms with Gasteiger partial charge in [0, 0.05) is 30.5 Å². The van der Waals surface area contributed by atoms with Crippen molar-refractivity contribution in [1.82, 2.24) is 10.1 Å². The number of benzene rings is 2. The molecule has 1 fully saturated rings. The number of carbonyl (C=O) groups excluding carboxylic acids is 1. The number of hydrogen-bond donors (Lipinski definition) is 0. The first-order valence-electron chi connectivity index (χ1n) is 9.02. The molecule has 1 aliphatic rings. The van der Waals surface area contributed by atoms with E-state index in [1.165, 1.54) is 0 Å². The molecule has 1 aromatic heterocycles. The molecule has 1 saturated heterocycles. The van der Waals surface area contributed by atoms with Crippen LogP contribution in [0.25, 0.3) is 11.5 Å². The summed E-state index contributed by atoms with van der Waals surface area (Å²) in [6.07, 6.45) is 0.321. The number of hydrogen-bond acceptors (Lipinski definition) is 6. The fourth-order valence-electron chi connectivity index (χ4n) is 3.34. The summed E-state index contributed by atoms with van der Waals surface area (Å²) in [5.41, 5.74) is 2.73.